The molecule has 0 heterocycles. The Balaban J connectivity index is 2.80. The van der Waals surface area contributed by atoms with Gasteiger partial charge in [-0.2, -0.15) is 0 Å². The number of ether oxygens (including phenoxy) is 1. The Morgan fingerprint density at radius 3 is 2.85 bits per heavy atom. The molecule has 1 aromatic carbocycles. The highest BCUT2D eigenvalue weighted by atomic mass is 16.5. The van der Waals surface area contributed by atoms with Gasteiger partial charge in [-0.15, -0.1) is 0 Å². The first-order valence-electron chi connectivity index (χ1n) is 3.87. The Hall–Kier alpha value is -1.77. The predicted octanol–water partition coefficient (Wildman–Crippen LogP) is 1.41. The number of benzene rings is 1. The summed E-state index contributed by atoms with van der Waals surface area (Å²) in [5.74, 6) is 0.784. The molecule has 1 aromatic rings. The molecule has 3 nitrogen and oxygen atoms in total. The maximum Gasteiger partial charge on any atom is 0.211 e. The highest BCUT2D eigenvalue weighted by Crippen LogP contribution is 2.17. The van der Waals surface area contributed by atoms with E-state index < -0.39 is 0 Å². The number of amides is 1. The van der Waals surface area contributed by atoms with Gasteiger partial charge >= 0.3 is 0 Å². The van der Waals surface area contributed by atoms with Crippen molar-refractivity contribution >= 4 is 12.5 Å². The molecule has 0 aliphatic heterocycles. The van der Waals surface area contributed by atoms with Crippen LogP contribution in [0.15, 0.2) is 30.5 Å². The molecule has 0 aliphatic rings. The summed E-state index contributed by atoms with van der Waals surface area (Å²) < 4.78 is 5.11. The lowest BCUT2D eigenvalue weighted by Crippen LogP contribution is -1.98. The Kier molecular flexibility index (Phi) is 3.57. The molecule has 0 saturated carbocycles. The van der Waals surface area contributed by atoms with Crippen LogP contribution >= 0.6 is 0 Å². The van der Waals surface area contributed by atoms with Crippen molar-refractivity contribution < 1.29 is 9.53 Å². The normalized spacial score (nSPS) is 9.92. The third kappa shape index (κ3) is 2.63. The third-order valence-electron chi connectivity index (χ3n) is 1.57. The first-order valence-corrected chi connectivity index (χ1v) is 3.87. The Bertz CT molecular complexity index is 308. The molecular weight excluding hydrogens is 166 g/mol. The second-order valence-electron chi connectivity index (χ2n) is 2.36. The topological polar surface area (TPSA) is 38.3 Å². The number of rotatable bonds is 4. The third-order valence-corrected chi connectivity index (χ3v) is 1.57. The fraction of sp³-hybridized carbons (Fsp3) is 0.100. The quantitative estimate of drug-likeness (QED) is 0.706. The molecule has 3 heteroatoms. The lowest BCUT2D eigenvalue weighted by Gasteiger charge is -2.02. The minimum Gasteiger partial charge on any atom is -0.496 e. The van der Waals surface area contributed by atoms with E-state index in [1.165, 1.54) is 0 Å². The maximum atomic E-state index is 9.96. The van der Waals surface area contributed by atoms with Crippen molar-refractivity contribution in [2.75, 3.05) is 7.11 Å². The van der Waals surface area contributed by atoms with Crippen LogP contribution in [0.4, 0.5) is 0 Å². The van der Waals surface area contributed by atoms with Gasteiger partial charge in [-0.25, -0.2) is 0 Å². The van der Waals surface area contributed by atoms with Gasteiger partial charge in [-0.3, -0.25) is 4.79 Å². The zero-order chi connectivity index (χ0) is 9.52. The summed E-state index contributed by atoms with van der Waals surface area (Å²) in [4.78, 5) is 9.96. The Morgan fingerprint density at radius 1 is 1.38 bits per heavy atom. The first-order chi connectivity index (χ1) is 6.38. The van der Waals surface area contributed by atoms with Crippen molar-refractivity contribution in [3.05, 3.63) is 36.0 Å². The number of para-hydroxylation sites is 1. The molecular formula is C10H11NO2. The van der Waals surface area contributed by atoms with E-state index in [9.17, 15) is 4.79 Å². The zero-order valence-corrected chi connectivity index (χ0v) is 7.36. The van der Waals surface area contributed by atoms with Gasteiger partial charge in [0.05, 0.1) is 7.11 Å². The summed E-state index contributed by atoms with van der Waals surface area (Å²) in [5, 5.41) is 2.43. The van der Waals surface area contributed by atoms with E-state index in [2.05, 4.69) is 5.32 Å². The van der Waals surface area contributed by atoms with E-state index in [0.29, 0.717) is 6.41 Å². The molecule has 68 valence electrons. The summed E-state index contributed by atoms with van der Waals surface area (Å²) in [6, 6.07) is 7.56. The predicted molar refractivity (Wildman–Crippen MR) is 51.2 cm³/mol. The molecule has 13 heavy (non-hydrogen) atoms. The van der Waals surface area contributed by atoms with Crippen molar-refractivity contribution in [2.45, 2.75) is 0 Å². The van der Waals surface area contributed by atoms with E-state index >= 15 is 0 Å². The summed E-state index contributed by atoms with van der Waals surface area (Å²) in [7, 11) is 1.61. The van der Waals surface area contributed by atoms with Crippen LogP contribution in [0.3, 0.4) is 0 Å². The van der Waals surface area contributed by atoms with Crippen LogP contribution < -0.4 is 10.1 Å². The van der Waals surface area contributed by atoms with Crippen molar-refractivity contribution in [1.29, 1.82) is 0 Å². The fourth-order valence-electron chi connectivity index (χ4n) is 0.981. The molecule has 0 atom stereocenters. The van der Waals surface area contributed by atoms with Gasteiger partial charge in [0.15, 0.2) is 0 Å². The minimum atomic E-state index is 0.617. The van der Waals surface area contributed by atoms with Crippen LogP contribution in [-0.2, 0) is 4.79 Å². The zero-order valence-electron chi connectivity index (χ0n) is 7.36. The van der Waals surface area contributed by atoms with Crippen LogP contribution in [0.25, 0.3) is 6.08 Å². The molecule has 0 saturated heterocycles. The molecule has 0 aromatic heterocycles. The molecule has 1 amide bonds. The second-order valence-corrected chi connectivity index (χ2v) is 2.36. The average Bonchev–Trinajstić information content (AvgIpc) is 2.19. The highest BCUT2D eigenvalue weighted by molar-refractivity contribution is 5.59. The van der Waals surface area contributed by atoms with Crippen LogP contribution in [0.1, 0.15) is 5.56 Å². The van der Waals surface area contributed by atoms with Gasteiger partial charge < -0.3 is 10.1 Å². The fourth-order valence-corrected chi connectivity index (χ4v) is 0.981. The lowest BCUT2D eigenvalue weighted by atomic mass is 10.2. The van der Waals surface area contributed by atoms with Crippen LogP contribution in [0, 0.1) is 0 Å². The van der Waals surface area contributed by atoms with Crippen LogP contribution in [0.2, 0.25) is 0 Å². The number of nitrogens with one attached hydrogen (secondary N) is 1. The highest BCUT2D eigenvalue weighted by Gasteiger charge is 1.94. The molecule has 0 fully saturated rings. The van der Waals surface area contributed by atoms with Crippen molar-refractivity contribution in [3.63, 3.8) is 0 Å². The molecule has 0 aliphatic carbocycles. The largest absolute Gasteiger partial charge is 0.496 e. The van der Waals surface area contributed by atoms with Crippen molar-refractivity contribution in [3.8, 4) is 5.75 Å². The van der Waals surface area contributed by atoms with Crippen LogP contribution in [-0.4, -0.2) is 13.5 Å². The van der Waals surface area contributed by atoms with E-state index in [-0.39, 0.29) is 0 Å². The standard InChI is InChI=1S/C10H11NO2/c1-13-10-5-3-2-4-9(10)6-7-11-8-12/h2-8H,1H3,(H,11,12)/b7-6+. The number of carbonyl (C=O) groups excluding carboxylic acids is 1. The summed E-state index contributed by atoms with van der Waals surface area (Å²) >= 11 is 0. The SMILES string of the molecule is COc1ccccc1/C=C/NC=O. The molecule has 1 N–H and O–H groups in total. The van der Waals surface area contributed by atoms with E-state index in [4.69, 9.17) is 4.74 Å². The van der Waals surface area contributed by atoms with Gasteiger partial charge in [-0.1, -0.05) is 18.2 Å². The van der Waals surface area contributed by atoms with Crippen LogP contribution in [0.5, 0.6) is 5.75 Å². The van der Waals surface area contributed by atoms with Gasteiger partial charge in [-0.05, 0) is 12.1 Å². The number of methoxy groups -OCH3 is 1. The molecule has 0 bridgehead atoms. The second kappa shape index (κ2) is 4.98. The van der Waals surface area contributed by atoms with Crippen molar-refractivity contribution in [2.24, 2.45) is 0 Å². The number of hydrogen-bond donors (Lipinski definition) is 1. The molecule has 0 unspecified atom stereocenters. The van der Waals surface area contributed by atoms with Gasteiger partial charge in [0.1, 0.15) is 5.75 Å². The van der Waals surface area contributed by atoms with E-state index in [1.807, 2.05) is 24.3 Å². The number of hydrogen-bond acceptors (Lipinski definition) is 2. The minimum absolute atomic E-state index is 0.617. The smallest absolute Gasteiger partial charge is 0.211 e. The maximum absolute atomic E-state index is 9.96. The van der Waals surface area contributed by atoms with E-state index in [0.717, 1.165) is 11.3 Å². The lowest BCUT2D eigenvalue weighted by molar-refractivity contribution is -0.108. The average molecular weight is 177 g/mol. The Morgan fingerprint density at radius 2 is 2.15 bits per heavy atom. The van der Waals surface area contributed by atoms with Crippen molar-refractivity contribution in [1.82, 2.24) is 5.32 Å². The van der Waals surface area contributed by atoms with Gasteiger partial charge in [0.25, 0.3) is 0 Å². The van der Waals surface area contributed by atoms with E-state index in [1.54, 1.807) is 19.4 Å². The van der Waals surface area contributed by atoms with Gasteiger partial charge in [0, 0.05) is 11.8 Å². The monoisotopic (exact) mass is 177 g/mol. The summed E-state index contributed by atoms with van der Waals surface area (Å²) in [5.41, 5.74) is 0.930. The molecule has 0 spiro atoms. The summed E-state index contributed by atoms with van der Waals surface area (Å²) in [6.45, 7) is 0. The van der Waals surface area contributed by atoms with Gasteiger partial charge in [0.2, 0.25) is 6.41 Å². The Labute approximate surface area is 77.0 Å². The summed E-state index contributed by atoms with van der Waals surface area (Å²) in [6.07, 6.45) is 3.95. The molecule has 1 rings (SSSR count). The number of carbonyl (C=O) groups is 1. The molecule has 0 radical (unpaired) electrons. The first kappa shape index (κ1) is 9.32.